The van der Waals surface area contributed by atoms with Crippen LogP contribution < -0.4 is 5.32 Å². The van der Waals surface area contributed by atoms with Gasteiger partial charge in [0.25, 0.3) is 0 Å². The number of cyclic esters (lactones) is 1. The molecule has 0 spiro atoms. The number of hydrogen-bond donors (Lipinski definition) is 1. The monoisotopic (exact) mass is 467 g/mol. The molecular weight excluding hydrogens is 418 g/mol. The standard InChI is InChI=1S/C27H49NO5/c1-5-7-8-9-10-11-12-13-14-15-16-17-22(19-25-23(6-2)26(30)33-25)32-27(31)24(28-20-29)18-21(3)4/h20-25H,5-19H2,1-4H3,(H,28,29)/t22?,23-,24-,25?/m0/s1. The predicted molar refractivity (Wildman–Crippen MR) is 132 cm³/mol. The molecule has 4 atom stereocenters. The number of nitrogens with one attached hydrogen (secondary N) is 1. The first kappa shape index (κ1) is 29.4. The van der Waals surface area contributed by atoms with Crippen LogP contribution in [0.25, 0.3) is 0 Å². The Morgan fingerprint density at radius 2 is 1.58 bits per heavy atom. The molecule has 2 unspecified atom stereocenters. The van der Waals surface area contributed by atoms with Crippen molar-refractivity contribution in [3.05, 3.63) is 0 Å². The summed E-state index contributed by atoms with van der Waals surface area (Å²) < 4.78 is 11.2. The van der Waals surface area contributed by atoms with Crippen molar-refractivity contribution in [2.24, 2.45) is 11.8 Å². The lowest BCUT2D eigenvalue weighted by Gasteiger charge is -2.36. The molecular formula is C27H49NO5. The second-order valence-electron chi connectivity index (χ2n) is 10.1. The molecule has 0 bridgehead atoms. The number of carbonyl (C=O) groups excluding carboxylic acids is 3. The predicted octanol–water partition coefficient (Wildman–Crippen LogP) is 6.10. The zero-order valence-electron chi connectivity index (χ0n) is 21.6. The van der Waals surface area contributed by atoms with E-state index in [2.05, 4.69) is 12.2 Å². The molecule has 1 rings (SSSR count). The number of amides is 1. The smallest absolute Gasteiger partial charge is 0.328 e. The summed E-state index contributed by atoms with van der Waals surface area (Å²) in [5.41, 5.74) is 0. The third-order valence-electron chi connectivity index (χ3n) is 6.63. The highest BCUT2D eigenvalue weighted by atomic mass is 16.6. The average Bonchev–Trinajstić information content (AvgIpc) is 2.76. The zero-order valence-corrected chi connectivity index (χ0v) is 21.6. The lowest BCUT2D eigenvalue weighted by Crippen LogP contribution is -2.47. The maximum Gasteiger partial charge on any atom is 0.328 e. The molecule has 6 nitrogen and oxygen atoms in total. The van der Waals surface area contributed by atoms with Gasteiger partial charge in [-0.1, -0.05) is 91.9 Å². The van der Waals surface area contributed by atoms with Gasteiger partial charge in [-0.2, -0.15) is 0 Å². The first-order valence-corrected chi connectivity index (χ1v) is 13.5. The van der Waals surface area contributed by atoms with Gasteiger partial charge in [-0.05, 0) is 31.6 Å². The Bertz CT molecular complexity index is 551. The molecule has 6 heteroatoms. The summed E-state index contributed by atoms with van der Waals surface area (Å²) in [5, 5.41) is 2.60. The second-order valence-corrected chi connectivity index (χ2v) is 10.1. The van der Waals surface area contributed by atoms with E-state index < -0.39 is 6.04 Å². The summed E-state index contributed by atoms with van der Waals surface area (Å²) in [5.74, 6) is -0.370. The van der Waals surface area contributed by atoms with E-state index in [0.717, 1.165) is 25.7 Å². The molecule has 1 fully saturated rings. The minimum Gasteiger partial charge on any atom is -0.461 e. The molecule has 0 aromatic heterocycles. The van der Waals surface area contributed by atoms with Crippen LogP contribution in [0.1, 0.15) is 124 Å². The molecule has 0 aromatic carbocycles. The molecule has 0 aliphatic carbocycles. The van der Waals surface area contributed by atoms with E-state index in [0.29, 0.717) is 19.3 Å². The molecule has 1 aliphatic rings. The van der Waals surface area contributed by atoms with Gasteiger partial charge in [0.15, 0.2) is 0 Å². The minimum absolute atomic E-state index is 0.0944. The minimum atomic E-state index is -0.631. The molecule has 192 valence electrons. The third kappa shape index (κ3) is 12.4. The first-order chi connectivity index (χ1) is 15.9. The van der Waals surface area contributed by atoms with Gasteiger partial charge >= 0.3 is 11.9 Å². The highest BCUT2D eigenvalue weighted by molar-refractivity contribution is 5.79. The Kier molecular flexibility index (Phi) is 15.9. The molecule has 0 aromatic rings. The van der Waals surface area contributed by atoms with E-state index >= 15 is 0 Å². The Labute approximate surface area is 201 Å². The van der Waals surface area contributed by atoms with Crippen molar-refractivity contribution in [2.75, 3.05) is 0 Å². The Hall–Kier alpha value is -1.59. The maximum absolute atomic E-state index is 12.7. The van der Waals surface area contributed by atoms with Crippen molar-refractivity contribution >= 4 is 18.3 Å². The number of rotatable bonds is 21. The number of unbranched alkanes of at least 4 members (excludes halogenated alkanes) is 10. The van der Waals surface area contributed by atoms with E-state index in [1.165, 1.54) is 57.8 Å². The Morgan fingerprint density at radius 1 is 1.00 bits per heavy atom. The fourth-order valence-electron chi connectivity index (χ4n) is 4.59. The molecule has 0 radical (unpaired) electrons. The summed E-state index contributed by atoms with van der Waals surface area (Å²) in [6.45, 7) is 8.25. The zero-order chi connectivity index (χ0) is 24.5. The molecule has 0 saturated carbocycles. The van der Waals surface area contributed by atoms with Crippen molar-refractivity contribution in [2.45, 2.75) is 142 Å². The summed E-state index contributed by atoms with van der Waals surface area (Å²) in [6, 6.07) is -0.631. The van der Waals surface area contributed by atoms with E-state index in [1.807, 2.05) is 20.8 Å². The first-order valence-electron chi connectivity index (χ1n) is 13.5. The van der Waals surface area contributed by atoms with Gasteiger partial charge in [-0.25, -0.2) is 4.79 Å². The summed E-state index contributed by atoms with van der Waals surface area (Å²) in [7, 11) is 0. The van der Waals surface area contributed by atoms with Crippen molar-refractivity contribution in [3.63, 3.8) is 0 Å². The maximum atomic E-state index is 12.7. The van der Waals surface area contributed by atoms with Gasteiger partial charge in [-0.3, -0.25) is 9.59 Å². The van der Waals surface area contributed by atoms with Crippen molar-refractivity contribution in [1.29, 1.82) is 0 Å². The summed E-state index contributed by atoms with van der Waals surface area (Å²) in [4.78, 5) is 35.3. The molecule has 1 N–H and O–H groups in total. The molecule has 1 aliphatic heterocycles. The van der Waals surface area contributed by atoms with Crippen LogP contribution in [-0.2, 0) is 23.9 Å². The van der Waals surface area contributed by atoms with Crippen LogP contribution in [0, 0.1) is 11.8 Å². The van der Waals surface area contributed by atoms with Gasteiger partial charge in [0, 0.05) is 6.42 Å². The summed E-state index contributed by atoms with van der Waals surface area (Å²) >= 11 is 0. The van der Waals surface area contributed by atoms with Crippen molar-refractivity contribution < 1.29 is 23.9 Å². The molecule has 1 saturated heterocycles. The third-order valence-corrected chi connectivity index (χ3v) is 6.63. The summed E-state index contributed by atoms with van der Waals surface area (Å²) in [6.07, 6.45) is 16.6. The number of ether oxygens (including phenoxy) is 2. The lowest BCUT2D eigenvalue weighted by molar-refractivity contribution is -0.190. The van der Waals surface area contributed by atoms with Crippen molar-refractivity contribution in [3.8, 4) is 0 Å². The van der Waals surface area contributed by atoms with Crippen molar-refractivity contribution in [1.82, 2.24) is 5.32 Å². The molecule has 33 heavy (non-hydrogen) atoms. The van der Waals surface area contributed by atoms with E-state index in [9.17, 15) is 14.4 Å². The average molecular weight is 468 g/mol. The van der Waals surface area contributed by atoms with Crippen LogP contribution in [-0.4, -0.2) is 36.6 Å². The molecule has 1 amide bonds. The Morgan fingerprint density at radius 3 is 2.06 bits per heavy atom. The van der Waals surface area contributed by atoms with Gasteiger partial charge < -0.3 is 14.8 Å². The fourth-order valence-corrected chi connectivity index (χ4v) is 4.59. The highest BCUT2D eigenvalue weighted by Crippen LogP contribution is 2.31. The quantitative estimate of drug-likeness (QED) is 0.125. The van der Waals surface area contributed by atoms with Crippen LogP contribution in [0.2, 0.25) is 0 Å². The van der Waals surface area contributed by atoms with E-state index in [-0.39, 0.29) is 36.0 Å². The van der Waals surface area contributed by atoms with E-state index in [1.54, 1.807) is 0 Å². The largest absolute Gasteiger partial charge is 0.461 e. The van der Waals surface area contributed by atoms with Crippen LogP contribution in [0.4, 0.5) is 0 Å². The van der Waals surface area contributed by atoms with Crippen LogP contribution in [0.15, 0.2) is 0 Å². The van der Waals surface area contributed by atoms with Crippen LogP contribution in [0.5, 0.6) is 0 Å². The van der Waals surface area contributed by atoms with Gasteiger partial charge in [0.1, 0.15) is 18.2 Å². The lowest BCUT2D eigenvalue weighted by atomic mass is 9.88. The number of esters is 2. The SMILES string of the molecule is CCCCCCCCCCCCCC(CC1OC(=O)[C@H]1CC)OC(=O)[C@H](CC(C)C)NC=O. The molecule has 1 heterocycles. The Balaban J connectivity index is 2.42. The van der Waals surface area contributed by atoms with Gasteiger partial charge in [-0.15, -0.1) is 0 Å². The van der Waals surface area contributed by atoms with Gasteiger partial charge in [0.05, 0.1) is 5.92 Å². The second kappa shape index (κ2) is 17.8. The fraction of sp³-hybridized carbons (Fsp3) is 0.889. The van der Waals surface area contributed by atoms with Crippen LogP contribution in [0.3, 0.4) is 0 Å². The van der Waals surface area contributed by atoms with E-state index in [4.69, 9.17) is 9.47 Å². The van der Waals surface area contributed by atoms with Crippen LogP contribution >= 0.6 is 0 Å². The number of hydrogen-bond acceptors (Lipinski definition) is 5. The van der Waals surface area contributed by atoms with Gasteiger partial charge in [0.2, 0.25) is 6.41 Å². The highest BCUT2D eigenvalue weighted by Gasteiger charge is 2.42. The topological polar surface area (TPSA) is 81.7 Å². The normalized spacial score (nSPS) is 19.5. The number of carbonyl (C=O) groups is 3.